The van der Waals surface area contributed by atoms with Gasteiger partial charge in [0.05, 0.1) is 24.2 Å². The molecular weight excluding hydrogens is 365 g/mol. The van der Waals surface area contributed by atoms with Crippen LogP contribution >= 0.6 is 23.2 Å². The normalized spacial score (nSPS) is 17.2. The van der Waals surface area contributed by atoms with E-state index in [1.807, 2.05) is 0 Å². The molecule has 3 rings (SSSR count). The Hall–Kier alpha value is -2.05. The molecule has 132 valence electrons. The lowest BCUT2D eigenvalue weighted by atomic mass is 10.1. The molecule has 0 radical (unpaired) electrons. The summed E-state index contributed by atoms with van der Waals surface area (Å²) in [4.78, 5) is 14.5. The minimum Gasteiger partial charge on any atom is -0.480 e. The predicted molar refractivity (Wildman–Crippen MR) is 94.6 cm³/mol. The number of amides is 1. The number of carbonyl (C=O) groups excluding carboxylic acids is 1. The molecule has 1 aromatic heterocycles. The van der Waals surface area contributed by atoms with Crippen molar-refractivity contribution in [2.24, 2.45) is 0 Å². The zero-order chi connectivity index (χ0) is 17.8. The van der Waals surface area contributed by atoms with E-state index in [0.717, 1.165) is 12.8 Å². The van der Waals surface area contributed by atoms with E-state index in [4.69, 9.17) is 32.7 Å². The first-order chi connectivity index (χ1) is 12.1. The first kappa shape index (κ1) is 17.8. The van der Waals surface area contributed by atoms with Crippen molar-refractivity contribution >= 4 is 29.1 Å². The van der Waals surface area contributed by atoms with Crippen LogP contribution in [0, 0.1) is 0 Å². The van der Waals surface area contributed by atoms with E-state index in [9.17, 15) is 4.79 Å². The molecule has 2 aromatic rings. The molecule has 0 bridgehead atoms. The topological polar surface area (TPSA) is 64.6 Å². The Kier molecular flexibility index (Phi) is 5.60. The summed E-state index contributed by atoms with van der Waals surface area (Å²) in [6, 6.07) is 8.25. The third-order valence-corrected chi connectivity index (χ3v) is 4.50. The van der Waals surface area contributed by atoms with Crippen LogP contribution in [0.1, 0.15) is 23.2 Å². The third kappa shape index (κ3) is 4.32. The summed E-state index contributed by atoms with van der Waals surface area (Å²) in [5, 5.41) is 8.70. The monoisotopic (exact) mass is 381 g/mol. The SMILES string of the molecule is COc1ccc(OC2CCCN(C(=O)c3cc(Cl)ccc3Cl)C2)nn1. The van der Waals surface area contributed by atoms with Gasteiger partial charge in [0.25, 0.3) is 5.91 Å². The number of carbonyl (C=O) groups is 1. The van der Waals surface area contributed by atoms with Crippen molar-refractivity contribution in [2.75, 3.05) is 20.2 Å². The van der Waals surface area contributed by atoms with Crippen LogP contribution in [-0.2, 0) is 0 Å². The first-order valence-electron chi connectivity index (χ1n) is 7.85. The summed E-state index contributed by atoms with van der Waals surface area (Å²) in [5.41, 5.74) is 0.402. The van der Waals surface area contributed by atoms with Crippen LogP contribution < -0.4 is 9.47 Å². The largest absolute Gasteiger partial charge is 0.480 e. The summed E-state index contributed by atoms with van der Waals surface area (Å²) < 4.78 is 10.8. The molecule has 6 nitrogen and oxygen atoms in total. The predicted octanol–water partition coefficient (Wildman–Crippen LogP) is 3.48. The van der Waals surface area contributed by atoms with Crippen molar-refractivity contribution in [1.29, 1.82) is 0 Å². The molecule has 0 aliphatic carbocycles. The highest BCUT2D eigenvalue weighted by molar-refractivity contribution is 6.35. The Balaban J connectivity index is 1.67. The molecular formula is C17H17Cl2N3O3. The lowest BCUT2D eigenvalue weighted by Gasteiger charge is -2.32. The van der Waals surface area contributed by atoms with Crippen LogP contribution in [0.15, 0.2) is 30.3 Å². The van der Waals surface area contributed by atoms with Gasteiger partial charge in [-0.25, -0.2) is 0 Å². The van der Waals surface area contributed by atoms with Gasteiger partial charge in [0.15, 0.2) is 0 Å². The van der Waals surface area contributed by atoms with Crippen molar-refractivity contribution in [1.82, 2.24) is 15.1 Å². The van der Waals surface area contributed by atoms with Crippen LogP contribution in [0.25, 0.3) is 0 Å². The van der Waals surface area contributed by atoms with E-state index in [-0.39, 0.29) is 12.0 Å². The smallest absolute Gasteiger partial charge is 0.255 e. The van der Waals surface area contributed by atoms with Crippen molar-refractivity contribution < 1.29 is 14.3 Å². The fraction of sp³-hybridized carbons (Fsp3) is 0.353. The molecule has 1 atom stereocenters. The van der Waals surface area contributed by atoms with Gasteiger partial charge in [-0.3, -0.25) is 4.79 Å². The number of benzene rings is 1. The number of likely N-dealkylation sites (tertiary alicyclic amines) is 1. The van der Waals surface area contributed by atoms with Crippen molar-refractivity contribution in [3.8, 4) is 11.8 Å². The standard InChI is InChI=1S/C17H17Cl2N3O3/c1-24-15-6-7-16(21-20-15)25-12-3-2-8-22(10-12)17(23)13-9-11(18)4-5-14(13)19/h4-7,9,12H,2-3,8,10H2,1H3. The average molecular weight is 382 g/mol. The Morgan fingerprint density at radius 1 is 1.20 bits per heavy atom. The fourth-order valence-corrected chi connectivity index (χ4v) is 3.07. The number of piperidine rings is 1. The molecule has 1 aliphatic rings. The zero-order valence-corrected chi connectivity index (χ0v) is 15.1. The molecule has 0 N–H and O–H groups in total. The van der Waals surface area contributed by atoms with Gasteiger partial charge in [-0.1, -0.05) is 23.2 Å². The highest BCUT2D eigenvalue weighted by Gasteiger charge is 2.27. The lowest BCUT2D eigenvalue weighted by Crippen LogP contribution is -2.44. The van der Waals surface area contributed by atoms with E-state index in [1.165, 1.54) is 7.11 Å². The molecule has 1 saturated heterocycles. The summed E-state index contributed by atoms with van der Waals surface area (Å²) in [6.07, 6.45) is 1.51. The molecule has 1 fully saturated rings. The molecule has 25 heavy (non-hydrogen) atoms. The first-order valence-corrected chi connectivity index (χ1v) is 8.61. The van der Waals surface area contributed by atoms with E-state index in [2.05, 4.69) is 10.2 Å². The summed E-state index contributed by atoms with van der Waals surface area (Å²) in [6.45, 7) is 1.10. The molecule has 0 spiro atoms. The number of aromatic nitrogens is 2. The maximum atomic E-state index is 12.7. The molecule has 8 heteroatoms. The Labute approximate surface area is 155 Å². The van der Waals surface area contributed by atoms with E-state index in [1.54, 1.807) is 35.2 Å². The Morgan fingerprint density at radius 2 is 1.96 bits per heavy atom. The van der Waals surface area contributed by atoms with Crippen molar-refractivity contribution in [3.63, 3.8) is 0 Å². The maximum absolute atomic E-state index is 12.7. The third-order valence-electron chi connectivity index (χ3n) is 3.94. The van der Waals surface area contributed by atoms with Crippen LogP contribution in [0.2, 0.25) is 10.0 Å². The molecule has 1 unspecified atom stereocenters. The number of halogens is 2. The number of rotatable bonds is 4. The minimum absolute atomic E-state index is 0.151. The van der Waals surface area contributed by atoms with E-state index >= 15 is 0 Å². The molecule has 1 aliphatic heterocycles. The van der Waals surface area contributed by atoms with Gasteiger partial charge in [-0.2, -0.15) is 0 Å². The molecule has 0 saturated carbocycles. The van der Waals surface area contributed by atoms with Crippen molar-refractivity contribution in [3.05, 3.63) is 45.9 Å². The van der Waals surface area contributed by atoms with Crippen LogP contribution in [0.4, 0.5) is 0 Å². The number of hydrogen-bond acceptors (Lipinski definition) is 5. The number of nitrogens with zero attached hydrogens (tertiary/aromatic N) is 3. The maximum Gasteiger partial charge on any atom is 0.255 e. The summed E-state index contributed by atoms with van der Waals surface area (Å²) >= 11 is 12.1. The zero-order valence-electron chi connectivity index (χ0n) is 13.6. The average Bonchev–Trinajstić information content (AvgIpc) is 2.64. The second-order valence-electron chi connectivity index (χ2n) is 5.67. The number of methoxy groups -OCH3 is 1. The lowest BCUT2D eigenvalue weighted by molar-refractivity contribution is 0.0525. The van der Waals surface area contributed by atoms with Gasteiger partial charge in [0.2, 0.25) is 11.8 Å². The van der Waals surface area contributed by atoms with Crippen LogP contribution in [0.5, 0.6) is 11.8 Å². The van der Waals surface area contributed by atoms with Gasteiger partial charge in [0, 0.05) is 23.7 Å². The highest BCUT2D eigenvalue weighted by Crippen LogP contribution is 2.24. The van der Waals surface area contributed by atoms with Gasteiger partial charge in [-0.05, 0) is 31.0 Å². The van der Waals surface area contributed by atoms with Crippen LogP contribution in [-0.4, -0.2) is 47.3 Å². The quantitative estimate of drug-likeness (QED) is 0.810. The van der Waals surface area contributed by atoms with Crippen LogP contribution in [0.3, 0.4) is 0 Å². The fourth-order valence-electron chi connectivity index (χ4n) is 2.70. The second kappa shape index (κ2) is 7.89. The van der Waals surface area contributed by atoms with Gasteiger partial charge in [0.1, 0.15) is 6.10 Å². The molecule has 2 heterocycles. The molecule has 1 aromatic carbocycles. The van der Waals surface area contributed by atoms with Gasteiger partial charge < -0.3 is 14.4 Å². The Morgan fingerprint density at radius 3 is 2.68 bits per heavy atom. The molecule has 1 amide bonds. The summed E-state index contributed by atoms with van der Waals surface area (Å²) in [7, 11) is 1.52. The minimum atomic E-state index is -0.154. The number of ether oxygens (including phenoxy) is 2. The Bertz CT molecular complexity index is 755. The van der Waals surface area contributed by atoms with Gasteiger partial charge in [-0.15, -0.1) is 10.2 Å². The van der Waals surface area contributed by atoms with Gasteiger partial charge >= 0.3 is 0 Å². The van der Waals surface area contributed by atoms with E-state index < -0.39 is 0 Å². The van der Waals surface area contributed by atoms with Crippen molar-refractivity contribution in [2.45, 2.75) is 18.9 Å². The second-order valence-corrected chi connectivity index (χ2v) is 6.51. The summed E-state index contributed by atoms with van der Waals surface area (Å²) in [5.74, 6) is 0.672. The number of hydrogen-bond donors (Lipinski definition) is 0. The van der Waals surface area contributed by atoms with E-state index in [0.29, 0.717) is 40.5 Å². The highest BCUT2D eigenvalue weighted by atomic mass is 35.5.